The van der Waals surface area contributed by atoms with Gasteiger partial charge in [-0.25, -0.2) is 13.1 Å². The minimum Gasteiger partial charge on any atom is -0.377 e. The molecule has 5 heteroatoms. The monoisotopic (exact) mass is 366 g/mol. The Hall–Kier alpha value is -2.37. The number of rotatable bonds is 4. The van der Waals surface area contributed by atoms with Crippen molar-refractivity contribution in [2.75, 3.05) is 19.0 Å². The van der Waals surface area contributed by atoms with E-state index in [-0.39, 0.29) is 6.04 Å². The van der Waals surface area contributed by atoms with E-state index < -0.39 is 10.0 Å². The van der Waals surface area contributed by atoms with Crippen molar-refractivity contribution in [2.24, 2.45) is 0 Å². The smallest absolute Gasteiger partial charge is 0.241 e. The predicted octanol–water partition coefficient (Wildman–Crippen LogP) is 3.35. The fourth-order valence-electron chi connectivity index (χ4n) is 3.81. The highest BCUT2D eigenvalue weighted by Gasteiger charge is 2.27. The second kappa shape index (κ2) is 6.41. The van der Waals surface area contributed by atoms with Crippen LogP contribution in [0, 0.1) is 0 Å². The van der Waals surface area contributed by atoms with Crippen LogP contribution >= 0.6 is 0 Å². The number of hydrogen-bond acceptors (Lipinski definition) is 3. The average molecular weight is 366 g/mol. The third-order valence-corrected chi connectivity index (χ3v) is 6.58. The van der Waals surface area contributed by atoms with Gasteiger partial charge in [-0.15, -0.1) is 0 Å². The van der Waals surface area contributed by atoms with Crippen LogP contribution in [0.5, 0.6) is 0 Å². The molecule has 0 saturated heterocycles. The molecule has 134 valence electrons. The fraction of sp³-hybridized carbons (Fsp3) is 0.238. The quantitative estimate of drug-likeness (QED) is 0.770. The second-order valence-corrected chi connectivity index (χ2v) is 8.70. The Morgan fingerprint density at radius 1 is 0.846 bits per heavy atom. The molecule has 26 heavy (non-hydrogen) atoms. The van der Waals surface area contributed by atoms with E-state index in [1.54, 1.807) is 6.07 Å². The first-order chi connectivity index (χ1) is 12.5. The zero-order valence-corrected chi connectivity index (χ0v) is 15.8. The van der Waals surface area contributed by atoms with Gasteiger partial charge in [0.05, 0.1) is 4.90 Å². The van der Waals surface area contributed by atoms with Crippen molar-refractivity contribution < 1.29 is 8.42 Å². The number of benzene rings is 3. The molecule has 3 aromatic carbocycles. The number of sulfonamides is 1. The number of anilines is 1. The molecule has 3 aromatic rings. The summed E-state index contributed by atoms with van der Waals surface area (Å²) in [4.78, 5) is 2.34. The summed E-state index contributed by atoms with van der Waals surface area (Å²) >= 11 is 0. The van der Waals surface area contributed by atoms with Crippen LogP contribution in [0.3, 0.4) is 0 Å². The lowest BCUT2D eigenvalue weighted by atomic mass is 10.1. The summed E-state index contributed by atoms with van der Waals surface area (Å²) in [6, 6.07) is 19.3. The molecular weight excluding hydrogens is 344 g/mol. The maximum absolute atomic E-state index is 13.1. The Morgan fingerprint density at radius 2 is 1.46 bits per heavy atom. The molecule has 0 fully saturated rings. The van der Waals surface area contributed by atoms with Crippen molar-refractivity contribution in [1.29, 1.82) is 0 Å². The van der Waals surface area contributed by atoms with Crippen LogP contribution in [-0.2, 0) is 22.9 Å². The van der Waals surface area contributed by atoms with Gasteiger partial charge in [0.1, 0.15) is 0 Å². The Bertz CT molecular complexity index is 1050. The first-order valence-electron chi connectivity index (χ1n) is 8.74. The number of nitrogens with zero attached hydrogens (tertiary/aromatic N) is 1. The minimum absolute atomic E-state index is 0.0929. The molecule has 0 radical (unpaired) electrons. The largest absolute Gasteiger partial charge is 0.377 e. The van der Waals surface area contributed by atoms with Crippen molar-refractivity contribution in [1.82, 2.24) is 4.72 Å². The van der Waals surface area contributed by atoms with Gasteiger partial charge < -0.3 is 4.90 Å². The molecule has 0 amide bonds. The van der Waals surface area contributed by atoms with E-state index in [9.17, 15) is 8.42 Å². The molecule has 1 aliphatic carbocycles. The van der Waals surface area contributed by atoms with Crippen LogP contribution in [0.15, 0.2) is 65.6 Å². The van der Waals surface area contributed by atoms with Gasteiger partial charge in [0.2, 0.25) is 10.0 Å². The Morgan fingerprint density at radius 3 is 2.12 bits per heavy atom. The summed E-state index contributed by atoms with van der Waals surface area (Å²) in [5.74, 6) is 0. The van der Waals surface area contributed by atoms with Gasteiger partial charge in [-0.05, 0) is 36.1 Å². The van der Waals surface area contributed by atoms with Gasteiger partial charge in [0.15, 0.2) is 0 Å². The van der Waals surface area contributed by atoms with Gasteiger partial charge in [0.25, 0.3) is 0 Å². The highest BCUT2D eigenvalue weighted by Crippen LogP contribution is 2.31. The van der Waals surface area contributed by atoms with Crippen LogP contribution in [-0.4, -0.2) is 28.6 Å². The van der Waals surface area contributed by atoms with Crippen LogP contribution in [0.4, 0.5) is 5.69 Å². The summed E-state index contributed by atoms with van der Waals surface area (Å²) in [7, 11) is 0.325. The summed E-state index contributed by atoms with van der Waals surface area (Å²) in [5, 5.41) is 1.69. The molecule has 1 aliphatic rings. The van der Waals surface area contributed by atoms with Gasteiger partial charge in [-0.2, -0.15) is 0 Å². The Kier molecular flexibility index (Phi) is 4.21. The second-order valence-electron chi connectivity index (χ2n) is 7.02. The summed E-state index contributed by atoms with van der Waals surface area (Å²) in [6.45, 7) is 0. The summed E-state index contributed by atoms with van der Waals surface area (Å²) < 4.78 is 29.1. The van der Waals surface area contributed by atoms with Gasteiger partial charge in [-0.1, -0.05) is 48.5 Å². The molecular formula is C21H22N2O2S. The number of nitrogens with one attached hydrogen (secondary N) is 1. The topological polar surface area (TPSA) is 49.4 Å². The van der Waals surface area contributed by atoms with E-state index in [0.29, 0.717) is 4.90 Å². The van der Waals surface area contributed by atoms with E-state index in [2.05, 4.69) is 16.9 Å². The highest BCUT2D eigenvalue weighted by molar-refractivity contribution is 7.89. The van der Waals surface area contributed by atoms with E-state index in [1.165, 1.54) is 11.1 Å². The Balaban J connectivity index is 1.70. The van der Waals surface area contributed by atoms with E-state index in [0.717, 1.165) is 29.3 Å². The lowest BCUT2D eigenvalue weighted by molar-refractivity contribution is 0.556. The van der Waals surface area contributed by atoms with E-state index >= 15 is 0 Å². The average Bonchev–Trinajstić information content (AvgIpc) is 3.01. The van der Waals surface area contributed by atoms with Crippen molar-refractivity contribution in [3.63, 3.8) is 0 Å². The Labute approximate surface area is 154 Å². The van der Waals surface area contributed by atoms with Crippen molar-refractivity contribution >= 4 is 26.5 Å². The molecule has 4 nitrogen and oxygen atoms in total. The molecule has 0 aliphatic heterocycles. The van der Waals surface area contributed by atoms with Gasteiger partial charge >= 0.3 is 0 Å². The fourth-order valence-corrected chi connectivity index (χ4v) is 5.27. The lowest BCUT2D eigenvalue weighted by Crippen LogP contribution is -2.35. The van der Waals surface area contributed by atoms with Crippen molar-refractivity contribution in [3.05, 3.63) is 71.8 Å². The standard InChI is InChI=1S/C21H22N2O2S/c1-23(2)20-11-5-10-19-18(20)9-6-12-21(19)26(24,25)22-17-13-15-7-3-4-8-16(15)14-17/h3-12,17,22H,13-14H2,1-2H3. The third kappa shape index (κ3) is 2.97. The zero-order chi connectivity index (χ0) is 18.3. The van der Waals surface area contributed by atoms with Crippen molar-refractivity contribution in [2.45, 2.75) is 23.8 Å². The SMILES string of the molecule is CN(C)c1cccc2c(S(=O)(=O)NC3Cc4ccccc4C3)cccc12. The lowest BCUT2D eigenvalue weighted by Gasteiger charge is -2.18. The van der Waals surface area contributed by atoms with Crippen LogP contribution in [0.1, 0.15) is 11.1 Å². The molecule has 4 rings (SSSR count). The molecule has 0 bridgehead atoms. The normalized spacial score (nSPS) is 14.5. The molecule has 0 aromatic heterocycles. The summed E-state index contributed by atoms with van der Waals surface area (Å²) in [5.41, 5.74) is 3.47. The summed E-state index contributed by atoms with van der Waals surface area (Å²) in [6.07, 6.45) is 1.48. The minimum atomic E-state index is -3.60. The molecule has 0 atom stereocenters. The van der Waals surface area contributed by atoms with Gasteiger partial charge in [-0.3, -0.25) is 0 Å². The molecule has 0 unspecified atom stereocenters. The van der Waals surface area contributed by atoms with Crippen LogP contribution in [0.25, 0.3) is 10.8 Å². The molecule has 0 heterocycles. The third-order valence-electron chi connectivity index (χ3n) is 5.00. The van der Waals surface area contributed by atoms with E-state index in [1.807, 2.05) is 61.5 Å². The first kappa shape index (κ1) is 17.1. The molecule has 0 spiro atoms. The zero-order valence-electron chi connectivity index (χ0n) is 14.9. The number of fused-ring (bicyclic) bond motifs is 2. The molecule has 0 saturated carbocycles. The first-order valence-corrected chi connectivity index (χ1v) is 10.2. The maximum Gasteiger partial charge on any atom is 0.241 e. The van der Waals surface area contributed by atoms with Crippen LogP contribution in [0.2, 0.25) is 0 Å². The van der Waals surface area contributed by atoms with E-state index in [4.69, 9.17) is 0 Å². The van der Waals surface area contributed by atoms with Crippen LogP contribution < -0.4 is 9.62 Å². The van der Waals surface area contributed by atoms with Crippen molar-refractivity contribution in [3.8, 4) is 0 Å². The molecule has 1 N–H and O–H groups in total. The number of hydrogen-bond donors (Lipinski definition) is 1. The predicted molar refractivity (Wildman–Crippen MR) is 106 cm³/mol. The maximum atomic E-state index is 13.1. The highest BCUT2D eigenvalue weighted by atomic mass is 32.2. The van der Waals surface area contributed by atoms with Gasteiger partial charge in [0, 0.05) is 36.6 Å².